The van der Waals surface area contributed by atoms with E-state index in [9.17, 15) is 30.3 Å². The molecule has 0 saturated carbocycles. The molecule has 1 amide bonds. The Labute approximate surface area is 386 Å². The first-order valence-corrected chi connectivity index (χ1v) is 26.0. The number of nitrogens with one attached hydrogen (secondary N) is 1. The van der Waals surface area contributed by atoms with Gasteiger partial charge in [-0.05, 0) is 77.0 Å². The molecular weight excluding hydrogens is 791 g/mol. The minimum atomic E-state index is -1.58. The predicted octanol–water partition coefficient (Wildman–Crippen LogP) is 12.0. The van der Waals surface area contributed by atoms with Crippen LogP contribution in [0.4, 0.5) is 0 Å². The maximum Gasteiger partial charge on any atom is 0.220 e. The summed E-state index contributed by atoms with van der Waals surface area (Å²) in [6.45, 7) is 3.74. The number of amides is 1. The lowest BCUT2D eigenvalue weighted by Crippen LogP contribution is -2.60. The van der Waals surface area contributed by atoms with Crippen molar-refractivity contribution in [2.75, 3.05) is 13.2 Å². The number of ether oxygens (including phenoxy) is 2. The van der Waals surface area contributed by atoms with E-state index in [1.54, 1.807) is 6.08 Å². The van der Waals surface area contributed by atoms with E-state index in [2.05, 4.69) is 67.8 Å². The third kappa shape index (κ3) is 33.9. The second kappa shape index (κ2) is 43.8. The van der Waals surface area contributed by atoms with Crippen molar-refractivity contribution in [3.05, 3.63) is 60.8 Å². The molecule has 0 aliphatic carbocycles. The zero-order valence-electron chi connectivity index (χ0n) is 40.3. The summed E-state index contributed by atoms with van der Waals surface area (Å²) in [6.07, 6.45) is 51.3. The van der Waals surface area contributed by atoms with E-state index >= 15 is 0 Å². The molecule has 7 atom stereocenters. The van der Waals surface area contributed by atoms with Gasteiger partial charge in [0, 0.05) is 6.42 Å². The molecule has 0 aromatic heterocycles. The van der Waals surface area contributed by atoms with Crippen molar-refractivity contribution in [2.24, 2.45) is 0 Å². The van der Waals surface area contributed by atoms with Crippen molar-refractivity contribution < 1.29 is 39.8 Å². The Hall–Kier alpha value is -2.11. The molecule has 6 N–H and O–H groups in total. The highest BCUT2D eigenvalue weighted by Crippen LogP contribution is 2.22. The van der Waals surface area contributed by atoms with E-state index < -0.39 is 49.5 Å². The van der Waals surface area contributed by atoms with Crippen molar-refractivity contribution >= 4 is 5.91 Å². The summed E-state index contributed by atoms with van der Waals surface area (Å²) in [6, 6.07) is -0.834. The highest BCUT2D eigenvalue weighted by Gasteiger charge is 2.44. The van der Waals surface area contributed by atoms with Gasteiger partial charge in [-0.1, -0.05) is 197 Å². The van der Waals surface area contributed by atoms with E-state index in [0.29, 0.717) is 6.42 Å². The zero-order chi connectivity index (χ0) is 45.9. The van der Waals surface area contributed by atoms with Crippen molar-refractivity contribution in [1.29, 1.82) is 0 Å². The van der Waals surface area contributed by atoms with Crippen LogP contribution >= 0.6 is 0 Å². The van der Waals surface area contributed by atoms with Crippen LogP contribution < -0.4 is 5.32 Å². The Morgan fingerprint density at radius 3 is 1.43 bits per heavy atom. The predicted molar refractivity (Wildman–Crippen MR) is 262 cm³/mol. The summed E-state index contributed by atoms with van der Waals surface area (Å²) in [7, 11) is 0. The van der Waals surface area contributed by atoms with Gasteiger partial charge in [0.2, 0.25) is 5.91 Å². The van der Waals surface area contributed by atoms with Crippen LogP contribution in [0.1, 0.15) is 219 Å². The molecule has 9 heteroatoms. The van der Waals surface area contributed by atoms with Crippen molar-refractivity contribution in [3.8, 4) is 0 Å². The van der Waals surface area contributed by atoms with E-state index in [-0.39, 0.29) is 12.5 Å². The summed E-state index contributed by atoms with van der Waals surface area (Å²) in [5.41, 5.74) is 0. The zero-order valence-corrected chi connectivity index (χ0v) is 40.3. The molecule has 366 valence electrons. The van der Waals surface area contributed by atoms with Gasteiger partial charge in [-0.3, -0.25) is 4.79 Å². The number of hydrogen-bond donors (Lipinski definition) is 6. The van der Waals surface area contributed by atoms with Crippen LogP contribution in [0.5, 0.6) is 0 Å². The van der Waals surface area contributed by atoms with E-state index in [1.165, 1.54) is 128 Å². The number of carbonyl (C=O) groups excluding carboxylic acids is 1. The summed E-state index contributed by atoms with van der Waals surface area (Å²) < 4.78 is 11.2. The molecule has 0 aromatic carbocycles. The third-order valence-electron chi connectivity index (χ3n) is 12.0. The smallest absolute Gasteiger partial charge is 0.220 e. The standard InChI is InChI=1S/C54H97NO8/c1-3-5-7-9-11-13-15-17-19-21-22-23-24-25-26-28-30-32-34-36-38-40-42-44-50(58)55-47(46-62-54-53(61)52(60)51(59)49(45-56)63-54)48(57)43-41-39-37-35-33-31-29-27-20-18-16-14-12-10-8-6-4-2/h20,22-23,25-27,33,35,41,43,47-49,51-54,56-57,59-61H,3-19,21,24,28-32,34,36-40,42,44-46H2,1-2H3,(H,55,58)/b23-22-,26-25-,27-20+,35-33+,43-41+. The summed E-state index contributed by atoms with van der Waals surface area (Å²) in [5.74, 6) is -0.200. The van der Waals surface area contributed by atoms with Gasteiger partial charge in [-0.2, -0.15) is 0 Å². The SMILES string of the molecule is CCCCCCCCC/C=C/CC/C=C/CC/C=C/C(O)C(COC1OC(CO)C(O)C(O)C1O)NC(=O)CCCCCCCCC/C=C\C/C=C\CCCCCCCCCCC. The average Bonchev–Trinajstić information content (AvgIpc) is 3.28. The van der Waals surface area contributed by atoms with E-state index in [0.717, 1.165) is 70.6 Å². The summed E-state index contributed by atoms with van der Waals surface area (Å²) in [4.78, 5) is 13.0. The molecule has 0 radical (unpaired) electrons. The lowest BCUT2D eigenvalue weighted by molar-refractivity contribution is -0.302. The highest BCUT2D eigenvalue weighted by molar-refractivity contribution is 5.76. The molecule has 9 nitrogen and oxygen atoms in total. The van der Waals surface area contributed by atoms with Gasteiger partial charge in [0.15, 0.2) is 6.29 Å². The second-order valence-corrected chi connectivity index (χ2v) is 17.9. The van der Waals surface area contributed by atoms with Gasteiger partial charge >= 0.3 is 0 Å². The van der Waals surface area contributed by atoms with Crippen LogP contribution in [0.2, 0.25) is 0 Å². The van der Waals surface area contributed by atoms with Gasteiger partial charge < -0.3 is 40.3 Å². The van der Waals surface area contributed by atoms with Gasteiger partial charge in [0.05, 0.1) is 25.4 Å². The Kier molecular flexibility index (Phi) is 40.9. The minimum Gasteiger partial charge on any atom is -0.394 e. The first-order chi connectivity index (χ1) is 30.8. The molecule has 1 heterocycles. The molecule has 63 heavy (non-hydrogen) atoms. The summed E-state index contributed by atoms with van der Waals surface area (Å²) in [5, 5.41) is 54.3. The van der Waals surface area contributed by atoms with Gasteiger partial charge in [-0.25, -0.2) is 0 Å². The number of allylic oxidation sites excluding steroid dienone is 9. The number of rotatable bonds is 43. The number of aliphatic hydroxyl groups is 5. The maximum absolute atomic E-state index is 13.0. The fourth-order valence-electron chi connectivity index (χ4n) is 7.86. The average molecular weight is 888 g/mol. The number of hydrogen-bond acceptors (Lipinski definition) is 8. The second-order valence-electron chi connectivity index (χ2n) is 17.9. The molecule has 1 fully saturated rings. The first-order valence-electron chi connectivity index (χ1n) is 26.0. The van der Waals surface area contributed by atoms with Crippen LogP contribution in [-0.2, 0) is 14.3 Å². The minimum absolute atomic E-state index is 0.200. The molecular formula is C54H97NO8. The van der Waals surface area contributed by atoms with Crippen molar-refractivity contribution in [1.82, 2.24) is 5.32 Å². The molecule has 1 aliphatic rings. The molecule has 1 aliphatic heterocycles. The molecule has 0 aromatic rings. The normalized spacial score (nSPS) is 20.7. The van der Waals surface area contributed by atoms with Crippen molar-refractivity contribution in [2.45, 2.75) is 262 Å². The molecule has 1 saturated heterocycles. The van der Waals surface area contributed by atoms with E-state index in [4.69, 9.17) is 9.47 Å². The van der Waals surface area contributed by atoms with Crippen LogP contribution in [0.3, 0.4) is 0 Å². The monoisotopic (exact) mass is 888 g/mol. The number of carbonyl (C=O) groups is 1. The Bertz CT molecular complexity index is 1170. The van der Waals surface area contributed by atoms with Crippen molar-refractivity contribution in [3.63, 3.8) is 0 Å². The fourth-order valence-corrected chi connectivity index (χ4v) is 7.86. The first kappa shape index (κ1) is 58.9. The number of unbranched alkanes of at least 4 members (excludes halogenated alkanes) is 25. The highest BCUT2D eigenvalue weighted by atomic mass is 16.7. The summed E-state index contributed by atoms with van der Waals surface area (Å²) >= 11 is 0. The van der Waals surface area contributed by atoms with Gasteiger partial charge in [0.25, 0.3) is 0 Å². The molecule has 0 spiro atoms. The third-order valence-corrected chi connectivity index (χ3v) is 12.0. The van der Waals surface area contributed by atoms with Crippen LogP contribution in [0.15, 0.2) is 60.8 Å². The van der Waals surface area contributed by atoms with Gasteiger partial charge in [-0.15, -0.1) is 0 Å². The van der Waals surface area contributed by atoms with Crippen LogP contribution in [-0.4, -0.2) is 87.5 Å². The molecule has 7 unspecified atom stereocenters. The lowest BCUT2D eigenvalue weighted by atomic mass is 9.99. The Morgan fingerprint density at radius 1 is 0.540 bits per heavy atom. The molecule has 1 rings (SSSR count). The van der Waals surface area contributed by atoms with E-state index in [1.807, 2.05) is 6.08 Å². The maximum atomic E-state index is 13.0. The number of aliphatic hydroxyl groups excluding tert-OH is 5. The topological polar surface area (TPSA) is 149 Å². The quantitative estimate of drug-likeness (QED) is 0.0262. The van der Waals surface area contributed by atoms with Gasteiger partial charge in [0.1, 0.15) is 24.4 Å². The lowest BCUT2D eigenvalue weighted by Gasteiger charge is -2.40. The Balaban J connectivity index is 2.32. The Morgan fingerprint density at radius 2 is 0.952 bits per heavy atom. The van der Waals surface area contributed by atoms with Crippen LogP contribution in [0, 0.1) is 0 Å². The molecule has 0 bridgehead atoms. The van der Waals surface area contributed by atoms with Crippen LogP contribution in [0.25, 0.3) is 0 Å². The largest absolute Gasteiger partial charge is 0.394 e. The fraction of sp³-hybridized carbons (Fsp3) is 0.796.